The van der Waals surface area contributed by atoms with Crippen molar-refractivity contribution in [1.82, 2.24) is 15.1 Å². The third-order valence-electron chi connectivity index (χ3n) is 2.32. The number of nitrogens with zero attached hydrogens (tertiary/aromatic N) is 2. The van der Waals surface area contributed by atoms with Crippen molar-refractivity contribution < 1.29 is 10.2 Å². The van der Waals surface area contributed by atoms with Gasteiger partial charge in [0.15, 0.2) is 0 Å². The predicted molar refractivity (Wildman–Crippen MR) is 57.3 cm³/mol. The van der Waals surface area contributed by atoms with E-state index in [1.165, 1.54) is 0 Å². The summed E-state index contributed by atoms with van der Waals surface area (Å²) in [6.07, 6.45) is 4.57. The molecule has 86 valence electrons. The first-order chi connectivity index (χ1) is 7.30. The van der Waals surface area contributed by atoms with Crippen LogP contribution in [0.15, 0.2) is 12.4 Å². The summed E-state index contributed by atoms with van der Waals surface area (Å²) >= 11 is 0. The smallest absolute Gasteiger partial charge is 0.0640 e. The Bertz CT molecular complexity index is 271. The van der Waals surface area contributed by atoms with Gasteiger partial charge in [0, 0.05) is 24.3 Å². The van der Waals surface area contributed by atoms with Crippen LogP contribution in [-0.4, -0.2) is 39.2 Å². The van der Waals surface area contributed by atoms with E-state index in [2.05, 4.69) is 10.4 Å². The van der Waals surface area contributed by atoms with E-state index in [4.69, 9.17) is 10.2 Å². The summed E-state index contributed by atoms with van der Waals surface area (Å²) in [6, 6.07) is 0.145. The Morgan fingerprint density at radius 1 is 1.53 bits per heavy atom. The highest BCUT2D eigenvalue weighted by molar-refractivity contribution is 5.03. The van der Waals surface area contributed by atoms with E-state index in [1.54, 1.807) is 10.9 Å². The van der Waals surface area contributed by atoms with E-state index in [1.807, 2.05) is 13.1 Å². The molecule has 5 nitrogen and oxygen atoms in total. The number of aromatic nitrogens is 2. The molecular formula is C10H19N3O2. The number of rotatable bonds is 7. The Balaban J connectivity index is 2.36. The molecule has 1 heterocycles. The van der Waals surface area contributed by atoms with Crippen LogP contribution >= 0.6 is 0 Å². The quantitative estimate of drug-likeness (QED) is 0.583. The molecule has 0 aliphatic rings. The van der Waals surface area contributed by atoms with Gasteiger partial charge in [0.25, 0.3) is 0 Å². The minimum atomic E-state index is 0.1000. The molecular weight excluding hydrogens is 194 g/mol. The minimum absolute atomic E-state index is 0.1000. The topological polar surface area (TPSA) is 70.3 Å². The van der Waals surface area contributed by atoms with Gasteiger partial charge in [-0.2, -0.15) is 5.10 Å². The summed E-state index contributed by atoms with van der Waals surface area (Å²) in [4.78, 5) is 0. The van der Waals surface area contributed by atoms with Gasteiger partial charge in [0.05, 0.1) is 26.0 Å². The Morgan fingerprint density at radius 2 is 2.33 bits per heavy atom. The molecule has 5 heteroatoms. The SMILES string of the molecule is CC[C@@H](CO)NCc1cnn(CCO)c1. The van der Waals surface area contributed by atoms with Gasteiger partial charge >= 0.3 is 0 Å². The highest BCUT2D eigenvalue weighted by Gasteiger charge is 2.04. The number of aliphatic hydroxyl groups is 2. The van der Waals surface area contributed by atoms with Crippen LogP contribution in [0.5, 0.6) is 0 Å². The standard InChI is InChI=1S/C10H19N3O2/c1-2-10(8-15)11-5-9-6-12-13(7-9)3-4-14/h6-7,10-11,14-15H,2-5,8H2,1H3/t10-/m0/s1. The van der Waals surface area contributed by atoms with Crippen LogP contribution in [0.4, 0.5) is 0 Å². The second-order valence-corrected chi connectivity index (χ2v) is 3.50. The predicted octanol–water partition coefficient (Wildman–Crippen LogP) is -0.264. The molecule has 0 saturated heterocycles. The monoisotopic (exact) mass is 213 g/mol. The molecule has 1 aromatic rings. The van der Waals surface area contributed by atoms with E-state index in [9.17, 15) is 0 Å². The second-order valence-electron chi connectivity index (χ2n) is 3.50. The lowest BCUT2D eigenvalue weighted by Crippen LogP contribution is -2.31. The van der Waals surface area contributed by atoms with Crippen molar-refractivity contribution in [3.8, 4) is 0 Å². The summed E-state index contributed by atoms with van der Waals surface area (Å²) in [5.41, 5.74) is 1.07. The van der Waals surface area contributed by atoms with Crippen molar-refractivity contribution in [3.63, 3.8) is 0 Å². The maximum absolute atomic E-state index is 8.98. The third kappa shape index (κ3) is 3.99. The largest absolute Gasteiger partial charge is 0.395 e. The first-order valence-corrected chi connectivity index (χ1v) is 5.26. The lowest BCUT2D eigenvalue weighted by Gasteiger charge is -2.12. The molecule has 0 aliphatic carbocycles. The highest BCUT2D eigenvalue weighted by Crippen LogP contribution is 1.99. The van der Waals surface area contributed by atoms with Gasteiger partial charge in [-0.15, -0.1) is 0 Å². The van der Waals surface area contributed by atoms with Crippen molar-refractivity contribution in [3.05, 3.63) is 18.0 Å². The molecule has 0 aromatic carbocycles. The van der Waals surface area contributed by atoms with Crippen LogP contribution in [-0.2, 0) is 13.1 Å². The van der Waals surface area contributed by atoms with Gasteiger partial charge < -0.3 is 15.5 Å². The molecule has 0 saturated carbocycles. The zero-order valence-electron chi connectivity index (χ0n) is 9.06. The second kappa shape index (κ2) is 6.55. The zero-order chi connectivity index (χ0) is 11.1. The number of hydrogen-bond donors (Lipinski definition) is 3. The van der Waals surface area contributed by atoms with Crippen LogP contribution < -0.4 is 5.32 Å². The number of aliphatic hydroxyl groups excluding tert-OH is 2. The lowest BCUT2D eigenvalue weighted by atomic mass is 10.2. The van der Waals surface area contributed by atoms with E-state index in [0.717, 1.165) is 12.0 Å². The van der Waals surface area contributed by atoms with Crippen LogP contribution in [0.1, 0.15) is 18.9 Å². The first-order valence-electron chi connectivity index (χ1n) is 5.26. The molecule has 3 N–H and O–H groups in total. The molecule has 0 spiro atoms. The van der Waals surface area contributed by atoms with Crippen LogP contribution in [0.25, 0.3) is 0 Å². The fourth-order valence-corrected chi connectivity index (χ4v) is 1.32. The summed E-state index contributed by atoms with van der Waals surface area (Å²) in [5.74, 6) is 0. The van der Waals surface area contributed by atoms with Gasteiger partial charge in [0.1, 0.15) is 0 Å². The van der Waals surface area contributed by atoms with E-state index >= 15 is 0 Å². The molecule has 1 aromatic heterocycles. The van der Waals surface area contributed by atoms with Gasteiger partial charge in [-0.3, -0.25) is 4.68 Å². The molecule has 1 rings (SSSR count). The van der Waals surface area contributed by atoms with E-state index in [-0.39, 0.29) is 19.3 Å². The molecule has 0 radical (unpaired) electrons. The molecule has 0 bridgehead atoms. The van der Waals surface area contributed by atoms with Gasteiger partial charge in [-0.05, 0) is 6.42 Å². The van der Waals surface area contributed by atoms with E-state index < -0.39 is 0 Å². The van der Waals surface area contributed by atoms with Gasteiger partial charge in [-0.25, -0.2) is 0 Å². The molecule has 0 aliphatic heterocycles. The van der Waals surface area contributed by atoms with E-state index in [0.29, 0.717) is 13.1 Å². The molecule has 0 fully saturated rings. The van der Waals surface area contributed by atoms with Crippen LogP contribution in [0, 0.1) is 0 Å². The average molecular weight is 213 g/mol. The summed E-state index contributed by atoms with van der Waals surface area (Å²) in [5, 5.41) is 25.0. The normalized spacial score (nSPS) is 13.0. The molecule has 0 amide bonds. The number of hydrogen-bond acceptors (Lipinski definition) is 4. The fraction of sp³-hybridized carbons (Fsp3) is 0.700. The first kappa shape index (κ1) is 12.2. The Labute approximate surface area is 89.7 Å². The average Bonchev–Trinajstić information content (AvgIpc) is 2.68. The van der Waals surface area contributed by atoms with Gasteiger partial charge in [-0.1, -0.05) is 6.92 Å². The number of nitrogens with one attached hydrogen (secondary N) is 1. The molecule has 0 unspecified atom stereocenters. The van der Waals surface area contributed by atoms with Crippen molar-refractivity contribution >= 4 is 0 Å². The summed E-state index contributed by atoms with van der Waals surface area (Å²) < 4.78 is 1.71. The van der Waals surface area contributed by atoms with Crippen LogP contribution in [0.2, 0.25) is 0 Å². The zero-order valence-corrected chi connectivity index (χ0v) is 9.06. The van der Waals surface area contributed by atoms with Crippen LogP contribution in [0.3, 0.4) is 0 Å². The Morgan fingerprint density at radius 3 is 2.93 bits per heavy atom. The summed E-state index contributed by atoms with van der Waals surface area (Å²) in [7, 11) is 0. The third-order valence-corrected chi connectivity index (χ3v) is 2.32. The van der Waals surface area contributed by atoms with Crippen molar-refractivity contribution in [1.29, 1.82) is 0 Å². The summed E-state index contributed by atoms with van der Waals surface area (Å²) in [6.45, 7) is 3.51. The maximum atomic E-state index is 8.98. The van der Waals surface area contributed by atoms with Crippen molar-refractivity contribution in [2.45, 2.75) is 32.5 Å². The van der Waals surface area contributed by atoms with Crippen molar-refractivity contribution in [2.75, 3.05) is 13.2 Å². The van der Waals surface area contributed by atoms with Gasteiger partial charge in [0.2, 0.25) is 0 Å². The molecule has 15 heavy (non-hydrogen) atoms. The fourth-order valence-electron chi connectivity index (χ4n) is 1.32. The minimum Gasteiger partial charge on any atom is -0.395 e. The lowest BCUT2D eigenvalue weighted by molar-refractivity contribution is 0.238. The maximum Gasteiger partial charge on any atom is 0.0640 e. The highest BCUT2D eigenvalue weighted by atomic mass is 16.3. The molecule has 1 atom stereocenters. The Hall–Kier alpha value is -0.910. The Kier molecular flexibility index (Phi) is 5.31. The van der Waals surface area contributed by atoms with Crippen molar-refractivity contribution in [2.24, 2.45) is 0 Å².